The summed E-state index contributed by atoms with van der Waals surface area (Å²) in [6, 6.07) is 7.94. The third kappa shape index (κ3) is 7.40. The Morgan fingerprint density at radius 2 is 1.53 bits per heavy atom. The van der Waals surface area contributed by atoms with Gasteiger partial charge >= 0.3 is 0 Å². The zero-order valence-electron chi connectivity index (χ0n) is 16.7. The highest BCUT2D eigenvalue weighted by atomic mass is 35.5. The van der Waals surface area contributed by atoms with Crippen LogP contribution in [0.5, 0.6) is 11.5 Å². The van der Waals surface area contributed by atoms with Crippen molar-refractivity contribution in [3.63, 3.8) is 0 Å². The number of carbonyl (C=O) groups excluding carboxylic acids is 1. The Labute approximate surface area is 200 Å². The highest BCUT2D eigenvalue weighted by Gasteiger charge is 2.22. The third-order valence-electron chi connectivity index (χ3n) is 4.18. The summed E-state index contributed by atoms with van der Waals surface area (Å²) in [4.78, 5) is 10.6. The molecule has 2 aromatic carbocycles. The Bertz CT molecular complexity index is 1010. The molecule has 0 spiro atoms. The zero-order chi connectivity index (χ0) is 23.9. The van der Waals surface area contributed by atoms with E-state index in [0.717, 1.165) is 0 Å². The van der Waals surface area contributed by atoms with Crippen LogP contribution in [-0.4, -0.2) is 55.8 Å². The second kappa shape index (κ2) is 11.9. The van der Waals surface area contributed by atoms with Crippen LogP contribution >= 0.6 is 34.8 Å². The predicted octanol–water partition coefficient (Wildman–Crippen LogP) is 2.81. The molecule has 2 atom stereocenters. The van der Waals surface area contributed by atoms with Gasteiger partial charge in [0.1, 0.15) is 25.1 Å². The minimum absolute atomic E-state index is 0.0301. The minimum Gasteiger partial charge on any atom is -0.491 e. The molecule has 0 saturated carbocycles. The molecule has 0 unspecified atom stereocenters. The molecular weight excluding hydrogens is 505 g/mol. The van der Waals surface area contributed by atoms with Crippen LogP contribution in [0.25, 0.3) is 0 Å². The second-order valence-corrected chi connectivity index (χ2v) is 9.85. The van der Waals surface area contributed by atoms with E-state index in [1.807, 2.05) is 0 Å². The summed E-state index contributed by atoms with van der Waals surface area (Å²) in [6.45, 7) is -0.238. The Balaban J connectivity index is 2.12. The number of aliphatic hydroxyl groups is 2. The maximum absolute atomic E-state index is 12.9. The third-order valence-corrected chi connectivity index (χ3v) is 6.85. The molecule has 32 heavy (non-hydrogen) atoms. The topological polar surface area (TPSA) is 136 Å². The molecule has 0 fully saturated rings. The highest BCUT2D eigenvalue weighted by Crippen LogP contribution is 2.37. The number of hydrogen-bond acceptors (Lipinski definition) is 7. The number of amides is 1. The van der Waals surface area contributed by atoms with Crippen LogP contribution in [0.2, 0.25) is 10.0 Å². The maximum Gasteiger partial charge on any atom is 0.217 e. The Kier molecular flexibility index (Phi) is 9.87. The van der Waals surface area contributed by atoms with Crippen molar-refractivity contribution >= 4 is 50.5 Å². The first-order valence-electron chi connectivity index (χ1n) is 9.34. The lowest BCUT2D eigenvalue weighted by molar-refractivity contribution is -0.118. The van der Waals surface area contributed by atoms with Gasteiger partial charge in [0, 0.05) is 6.42 Å². The van der Waals surface area contributed by atoms with Gasteiger partial charge in [-0.1, -0.05) is 23.2 Å². The molecule has 2 aromatic rings. The number of ether oxygens (including phenoxy) is 2. The number of nitrogens with two attached hydrogens (primary N) is 1. The maximum atomic E-state index is 12.9. The number of carbonyl (C=O) groups is 1. The molecule has 1 amide bonds. The van der Waals surface area contributed by atoms with Gasteiger partial charge in [0.15, 0.2) is 5.75 Å². The average Bonchev–Trinajstić information content (AvgIpc) is 2.75. The number of halogens is 3. The van der Waals surface area contributed by atoms with Gasteiger partial charge in [-0.3, -0.25) is 4.79 Å². The molecule has 4 N–H and O–H groups in total. The van der Waals surface area contributed by atoms with Crippen molar-refractivity contribution in [3.8, 4) is 11.5 Å². The van der Waals surface area contributed by atoms with E-state index in [1.165, 1.54) is 36.4 Å². The van der Waals surface area contributed by atoms with Gasteiger partial charge < -0.3 is 25.4 Å². The van der Waals surface area contributed by atoms with Crippen molar-refractivity contribution in [3.05, 3.63) is 46.4 Å². The zero-order valence-corrected chi connectivity index (χ0v) is 19.8. The molecule has 2 rings (SSSR count). The summed E-state index contributed by atoms with van der Waals surface area (Å²) in [6.07, 6.45) is -1.63. The van der Waals surface area contributed by atoms with E-state index in [4.69, 9.17) is 50.0 Å². The van der Waals surface area contributed by atoms with Crippen molar-refractivity contribution in [1.29, 1.82) is 0 Å². The minimum atomic E-state index is -3.95. The Hall–Kier alpha value is -1.75. The van der Waals surface area contributed by atoms with Crippen molar-refractivity contribution in [1.82, 2.24) is 0 Å². The van der Waals surface area contributed by atoms with Crippen molar-refractivity contribution < 1.29 is 32.9 Å². The largest absolute Gasteiger partial charge is 0.491 e. The molecule has 0 aliphatic rings. The fourth-order valence-corrected chi connectivity index (χ4v) is 4.62. The Morgan fingerprint density at radius 1 is 0.969 bits per heavy atom. The van der Waals surface area contributed by atoms with Gasteiger partial charge in [0.2, 0.25) is 15.7 Å². The molecule has 0 heterocycles. The summed E-state index contributed by atoms with van der Waals surface area (Å²) >= 11 is 17.8. The van der Waals surface area contributed by atoms with Gasteiger partial charge in [0.25, 0.3) is 0 Å². The van der Waals surface area contributed by atoms with Gasteiger partial charge in [-0.15, -0.1) is 11.6 Å². The number of aliphatic hydroxyl groups excluding tert-OH is 2. The molecule has 0 aliphatic heterocycles. The van der Waals surface area contributed by atoms with E-state index in [0.29, 0.717) is 5.75 Å². The fraction of sp³-hybridized carbons (Fsp3) is 0.350. The number of primary amides is 1. The van der Waals surface area contributed by atoms with E-state index >= 15 is 0 Å². The molecule has 0 radical (unpaired) electrons. The van der Waals surface area contributed by atoms with E-state index in [1.54, 1.807) is 0 Å². The number of alkyl halides is 1. The van der Waals surface area contributed by atoms with Gasteiger partial charge in [0.05, 0.1) is 31.8 Å². The normalized spacial score (nSPS) is 13.4. The number of sulfone groups is 1. The molecule has 0 aromatic heterocycles. The van der Waals surface area contributed by atoms with E-state index in [2.05, 4.69) is 0 Å². The van der Waals surface area contributed by atoms with Gasteiger partial charge in [-0.25, -0.2) is 8.42 Å². The quantitative estimate of drug-likeness (QED) is 0.362. The van der Waals surface area contributed by atoms with Crippen molar-refractivity contribution in [2.45, 2.75) is 34.8 Å². The highest BCUT2D eigenvalue weighted by molar-refractivity contribution is 7.91. The number of rotatable bonds is 12. The van der Waals surface area contributed by atoms with Gasteiger partial charge in [-0.2, -0.15) is 0 Å². The average molecular weight is 527 g/mol. The summed E-state index contributed by atoms with van der Waals surface area (Å²) in [5, 5.41) is 19.2. The summed E-state index contributed by atoms with van der Waals surface area (Å²) < 4.78 is 36.6. The van der Waals surface area contributed by atoms with Gasteiger partial charge in [-0.05, 0) is 42.8 Å². The first-order chi connectivity index (χ1) is 15.0. The van der Waals surface area contributed by atoms with E-state index in [-0.39, 0.29) is 57.5 Å². The van der Waals surface area contributed by atoms with E-state index in [9.17, 15) is 23.4 Å². The first kappa shape index (κ1) is 26.5. The fourth-order valence-electron chi connectivity index (χ4n) is 2.49. The van der Waals surface area contributed by atoms with Crippen LogP contribution in [0, 0.1) is 0 Å². The van der Waals surface area contributed by atoms with Crippen LogP contribution in [0.3, 0.4) is 0 Å². The summed E-state index contributed by atoms with van der Waals surface area (Å²) in [5.74, 6) is -0.200. The SMILES string of the molecule is NC(=O)CC[C@H](O)COc1ccc(S(=O)(=O)c2cc(Cl)c(OC[C@H](O)CCl)c(Cl)c2)cc1. The molecule has 0 bridgehead atoms. The first-order valence-corrected chi connectivity index (χ1v) is 12.1. The van der Waals surface area contributed by atoms with Crippen LogP contribution < -0.4 is 15.2 Å². The molecule has 176 valence electrons. The van der Waals surface area contributed by atoms with Crippen LogP contribution in [0.1, 0.15) is 12.8 Å². The van der Waals surface area contributed by atoms with Crippen LogP contribution in [0.4, 0.5) is 0 Å². The number of benzene rings is 2. The summed E-state index contributed by atoms with van der Waals surface area (Å²) in [5.41, 5.74) is 5.03. The lowest BCUT2D eigenvalue weighted by atomic mass is 10.2. The molecule has 8 nitrogen and oxygen atoms in total. The summed E-state index contributed by atoms with van der Waals surface area (Å²) in [7, 11) is -3.95. The lowest BCUT2D eigenvalue weighted by Gasteiger charge is -2.14. The molecular formula is C20H22Cl3NO7S. The monoisotopic (exact) mass is 525 g/mol. The predicted molar refractivity (Wildman–Crippen MR) is 121 cm³/mol. The molecule has 0 aliphatic carbocycles. The Morgan fingerprint density at radius 3 is 2.06 bits per heavy atom. The van der Waals surface area contributed by atoms with Crippen molar-refractivity contribution in [2.24, 2.45) is 5.73 Å². The smallest absolute Gasteiger partial charge is 0.217 e. The standard InChI is InChI=1S/C20H22Cl3NO7S/c21-9-13(26)11-31-20-17(22)7-16(8-18(20)23)32(28,29)15-4-2-14(3-5-15)30-10-12(25)1-6-19(24)27/h2-5,7-8,12-13,25-26H,1,6,9-11H2,(H2,24,27)/t12-,13+/m0/s1. The second-order valence-electron chi connectivity index (χ2n) is 6.78. The number of hydrogen-bond donors (Lipinski definition) is 3. The van der Waals surface area contributed by atoms with Crippen LogP contribution in [-0.2, 0) is 14.6 Å². The van der Waals surface area contributed by atoms with Crippen LogP contribution in [0.15, 0.2) is 46.2 Å². The molecule has 0 saturated heterocycles. The molecule has 12 heteroatoms. The van der Waals surface area contributed by atoms with E-state index < -0.39 is 28.0 Å². The van der Waals surface area contributed by atoms with Crippen molar-refractivity contribution in [2.75, 3.05) is 19.1 Å². The lowest BCUT2D eigenvalue weighted by Crippen LogP contribution is -2.21.